The fourth-order valence-corrected chi connectivity index (χ4v) is 9.79. The highest BCUT2D eigenvalue weighted by Gasteiger charge is 2.20. The summed E-state index contributed by atoms with van der Waals surface area (Å²) >= 11 is 0. The van der Waals surface area contributed by atoms with Crippen molar-refractivity contribution in [2.24, 2.45) is 0 Å². The van der Waals surface area contributed by atoms with Crippen LogP contribution in [0.15, 0.2) is 36.5 Å². The van der Waals surface area contributed by atoms with E-state index in [9.17, 15) is 19.8 Å². The number of amides is 1. The Labute approximate surface area is 443 Å². The summed E-state index contributed by atoms with van der Waals surface area (Å²) < 4.78 is 5.46. The number of carbonyl (C=O) groups excluding carboxylic acids is 2. The number of aliphatic hydroxyl groups excluding tert-OH is 2. The van der Waals surface area contributed by atoms with E-state index in [0.29, 0.717) is 25.9 Å². The molecule has 418 valence electrons. The van der Waals surface area contributed by atoms with Crippen molar-refractivity contribution in [2.75, 3.05) is 13.2 Å². The predicted octanol–water partition coefficient (Wildman–Crippen LogP) is 20.0. The van der Waals surface area contributed by atoms with Crippen molar-refractivity contribution in [1.82, 2.24) is 5.32 Å². The molecule has 6 nitrogen and oxygen atoms in total. The molecule has 0 fully saturated rings. The van der Waals surface area contributed by atoms with Crippen LogP contribution in [0, 0.1) is 0 Å². The Morgan fingerprint density at radius 2 is 0.732 bits per heavy atom. The molecule has 0 bridgehead atoms. The Kier molecular flexibility index (Phi) is 59.0. The van der Waals surface area contributed by atoms with Crippen molar-refractivity contribution in [3.63, 3.8) is 0 Å². The van der Waals surface area contributed by atoms with Gasteiger partial charge in [0.15, 0.2) is 0 Å². The molecule has 6 heteroatoms. The summed E-state index contributed by atoms with van der Waals surface area (Å²) in [6, 6.07) is -0.556. The van der Waals surface area contributed by atoms with Gasteiger partial charge in [-0.05, 0) is 77.0 Å². The molecular weight excluding hydrogens is 875 g/mol. The minimum absolute atomic E-state index is 0.0176. The molecule has 1 amide bonds. The average Bonchev–Trinajstić information content (AvgIpc) is 3.37. The number of esters is 1. The highest BCUT2D eigenvalue weighted by Crippen LogP contribution is 2.18. The number of unbranched alkanes of at least 4 members (excludes halogenated alkanes) is 42. The summed E-state index contributed by atoms with van der Waals surface area (Å²) in [5.74, 6) is -0.0671. The second-order valence-corrected chi connectivity index (χ2v) is 21.7. The molecule has 0 aromatic rings. The number of aliphatic hydroxyl groups is 2. The lowest BCUT2D eigenvalue weighted by atomic mass is 10.0. The van der Waals surface area contributed by atoms with E-state index in [1.54, 1.807) is 0 Å². The van der Waals surface area contributed by atoms with E-state index in [0.717, 1.165) is 70.6 Å². The topological polar surface area (TPSA) is 95.9 Å². The standard InChI is InChI=1S/C65H123NO5/c1-3-5-7-9-11-13-15-17-18-19-20-21-22-23-24-25-26-27-30-34-37-41-45-49-53-57-63(68)62(61-67)66-64(69)58-54-50-46-42-38-35-31-28-29-32-36-40-44-48-52-56-60-71-65(70)59-55-51-47-43-39-33-16-14-12-10-8-6-4-2/h8,10,14,16,28,31,62-63,67-68H,3-7,9,11-13,15,17-27,29-30,32-61H2,1-2H3,(H,66,69)/b10-8-,16-14-,31-28-. The van der Waals surface area contributed by atoms with Crippen LogP contribution in [0.1, 0.15) is 341 Å². The van der Waals surface area contributed by atoms with Crippen LogP contribution in [0.2, 0.25) is 0 Å². The lowest BCUT2D eigenvalue weighted by Gasteiger charge is -2.22. The molecule has 0 aliphatic carbocycles. The Bertz CT molecular complexity index is 1150. The molecular formula is C65H123NO5. The zero-order valence-corrected chi connectivity index (χ0v) is 47.7. The third-order valence-corrected chi connectivity index (χ3v) is 14.6. The highest BCUT2D eigenvalue weighted by molar-refractivity contribution is 5.76. The molecule has 2 unspecified atom stereocenters. The van der Waals surface area contributed by atoms with E-state index < -0.39 is 12.1 Å². The maximum absolute atomic E-state index is 12.5. The van der Waals surface area contributed by atoms with E-state index >= 15 is 0 Å². The van der Waals surface area contributed by atoms with Crippen LogP contribution in [-0.4, -0.2) is 47.4 Å². The fraction of sp³-hybridized carbons (Fsp3) is 0.877. The monoisotopic (exact) mass is 998 g/mol. The summed E-state index contributed by atoms with van der Waals surface area (Å²) in [6.45, 7) is 4.88. The van der Waals surface area contributed by atoms with Crippen molar-refractivity contribution >= 4 is 11.9 Å². The first kappa shape index (κ1) is 69.1. The molecule has 0 aromatic carbocycles. The molecule has 3 N–H and O–H groups in total. The summed E-state index contributed by atoms with van der Waals surface area (Å²) in [4.78, 5) is 24.6. The van der Waals surface area contributed by atoms with Gasteiger partial charge in [0.25, 0.3) is 0 Å². The summed E-state index contributed by atoms with van der Waals surface area (Å²) in [5.41, 5.74) is 0. The molecule has 71 heavy (non-hydrogen) atoms. The normalized spacial score (nSPS) is 12.8. The maximum atomic E-state index is 12.5. The molecule has 0 spiro atoms. The van der Waals surface area contributed by atoms with E-state index in [2.05, 4.69) is 55.6 Å². The number of allylic oxidation sites excluding steroid dienone is 6. The van der Waals surface area contributed by atoms with Gasteiger partial charge in [0.1, 0.15) is 0 Å². The first-order chi connectivity index (χ1) is 35.0. The van der Waals surface area contributed by atoms with Crippen LogP contribution >= 0.6 is 0 Å². The van der Waals surface area contributed by atoms with Crippen LogP contribution in [0.3, 0.4) is 0 Å². The van der Waals surface area contributed by atoms with Crippen molar-refractivity contribution in [1.29, 1.82) is 0 Å². The molecule has 0 saturated carbocycles. The van der Waals surface area contributed by atoms with Crippen molar-refractivity contribution in [2.45, 2.75) is 353 Å². The first-order valence-corrected chi connectivity index (χ1v) is 31.7. The van der Waals surface area contributed by atoms with Crippen molar-refractivity contribution < 1.29 is 24.5 Å². The van der Waals surface area contributed by atoms with E-state index in [4.69, 9.17) is 4.74 Å². The van der Waals surface area contributed by atoms with Crippen LogP contribution in [0.5, 0.6) is 0 Å². The fourth-order valence-electron chi connectivity index (χ4n) is 9.79. The number of ether oxygens (including phenoxy) is 1. The number of hydrogen-bond acceptors (Lipinski definition) is 5. The van der Waals surface area contributed by atoms with Gasteiger partial charge in [-0.25, -0.2) is 0 Å². The van der Waals surface area contributed by atoms with Gasteiger partial charge < -0.3 is 20.3 Å². The van der Waals surface area contributed by atoms with Crippen LogP contribution in [-0.2, 0) is 14.3 Å². The molecule has 0 heterocycles. The van der Waals surface area contributed by atoms with Gasteiger partial charge in [-0.2, -0.15) is 0 Å². The van der Waals surface area contributed by atoms with E-state index in [1.807, 2.05) is 0 Å². The van der Waals surface area contributed by atoms with Gasteiger partial charge in [-0.3, -0.25) is 9.59 Å². The molecule has 0 aliphatic heterocycles. The Morgan fingerprint density at radius 1 is 0.394 bits per heavy atom. The minimum atomic E-state index is -0.677. The maximum Gasteiger partial charge on any atom is 0.305 e. The number of nitrogens with one attached hydrogen (secondary N) is 1. The Hall–Kier alpha value is -1.92. The minimum Gasteiger partial charge on any atom is -0.466 e. The third kappa shape index (κ3) is 57.2. The number of hydrogen-bond donors (Lipinski definition) is 3. The Morgan fingerprint density at radius 3 is 1.14 bits per heavy atom. The molecule has 0 aliphatic rings. The molecule has 0 radical (unpaired) electrons. The molecule has 0 saturated heterocycles. The highest BCUT2D eigenvalue weighted by atomic mass is 16.5. The zero-order valence-electron chi connectivity index (χ0n) is 47.7. The zero-order chi connectivity index (χ0) is 51.4. The quantitative estimate of drug-likeness (QED) is 0.0321. The first-order valence-electron chi connectivity index (χ1n) is 31.7. The summed E-state index contributed by atoms with van der Waals surface area (Å²) in [5, 5.41) is 23.4. The summed E-state index contributed by atoms with van der Waals surface area (Å²) in [7, 11) is 0. The van der Waals surface area contributed by atoms with Gasteiger partial charge in [0.2, 0.25) is 5.91 Å². The SMILES string of the molecule is CCC/C=C\C/C=C\CCCCCCCC(=O)OCCCCCCCCC/C=C\CCCCCCCC(=O)NC(CO)C(O)CCCCCCCCCCCCCCCCCCCCCCCCCCC. The van der Waals surface area contributed by atoms with Crippen LogP contribution < -0.4 is 5.32 Å². The molecule has 0 rings (SSSR count). The number of carbonyl (C=O) groups is 2. The third-order valence-electron chi connectivity index (χ3n) is 14.6. The lowest BCUT2D eigenvalue weighted by molar-refractivity contribution is -0.143. The molecule has 0 aromatic heterocycles. The van der Waals surface area contributed by atoms with Gasteiger partial charge in [-0.1, -0.05) is 288 Å². The second kappa shape index (κ2) is 60.6. The van der Waals surface area contributed by atoms with Gasteiger partial charge in [0, 0.05) is 12.8 Å². The van der Waals surface area contributed by atoms with Gasteiger partial charge >= 0.3 is 5.97 Å². The van der Waals surface area contributed by atoms with E-state index in [1.165, 1.54) is 238 Å². The van der Waals surface area contributed by atoms with Crippen LogP contribution in [0.25, 0.3) is 0 Å². The molecule has 2 atom stereocenters. The lowest BCUT2D eigenvalue weighted by Crippen LogP contribution is -2.45. The largest absolute Gasteiger partial charge is 0.466 e. The average molecular weight is 999 g/mol. The van der Waals surface area contributed by atoms with Crippen molar-refractivity contribution in [3.8, 4) is 0 Å². The summed E-state index contributed by atoms with van der Waals surface area (Å²) in [6.07, 6.45) is 75.8. The van der Waals surface area contributed by atoms with Crippen LogP contribution in [0.4, 0.5) is 0 Å². The predicted molar refractivity (Wildman–Crippen MR) is 310 cm³/mol. The van der Waals surface area contributed by atoms with E-state index in [-0.39, 0.29) is 18.5 Å². The number of rotatable bonds is 59. The second-order valence-electron chi connectivity index (χ2n) is 21.7. The smallest absolute Gasteiger partial charge is 0.305 e. The van der Waals surface area contributed by atoms with Crippen molar-refractivity contribution in [3.05, 3.63) is 36.5 Å². The van der Waals surface area contributed by atoms with Gasteiger partial charge in [-0.15, -0.1) is 0 Å². The van der Waals surface area contributed by atoms with Gasteiger partial charge in [0.05, 0.1) is 25.4 Å². The Balaban J connectivity index is 3.46.